The minimum Gasteiger partial charge on any atom is -0.441 e. The molecule has 2 aromatic heterocycles. The van der Waals surface area contributed by atoms with Crippen LogP contribution in [0.3, 0.4) is 0 Å². The molecule has 0 bridgehead atoms. The molecule has 4 rings (SSSR count). The van der Waals surface area contributed by atoms with Crippen molar-refractivity contribution in [3.8, 4) is 11.3 Å². The van der Waals surface area contributed by atoms with Gasteiger partial charge in [0.15, 0.2) is 5.82 Å². The van der Waals surface area contributed by atoms with Crippen LogP contribution in [0.4, 0.5) is 15.0 Å². The number of ether oxygens (including phenoxy) is 1. The van der Waals surface area contributed by atoms with E-state index in [1.165, 1.54) is 11.0 Å². The van der Waals surface area contributed by atoms with E-state index in [0.29, 0.717) is 25.2 Å². The first-order valence-corrected chi connectivity index (χ1v) is 8.49. The second-order valence-corrected chi connectivity index (χ2v) is 6.45. The number of rotatable bonds is 3. The Morgan fingerprint density at radius 3 is 3.00 bits per heavy atom. The van der Waals surface area contributed by atoms with E-state index >= 15 is 0 Å². The zero-order valence-electron chi connectivity index (χ0n) is 14.2. The number of carbonyl (C=O) groups excluding carboxylic acids is 1. The Labute approximate surface area is 149 Å². The zero-order chi connectivity index (χ0) is 18.1. The lowest BCUT2D eigenvalue weighted by Crippen LogP contribution is -2.43. The van der Waals surface area contributed by atoms with E-state index in [4.69, 9.17) is 4.74 Å². The summed E-state index contributed by atoms with van der Waals surface area (Å²) in [4.78, 5) is 13.9. The van der Waals surface area contributed by atoms with Crippen molar-refractivity contribution >= 4 is 11.9 Å². The first-order valence-electron chi connectivity index (χ1n) is 8.49. The number of anilines is 1. The number of aromatic amines is 1. The number of cyclic esters (lactones) is 1. The highest BCUT2D eigenvalue weighted by molar-refractivity contribution is 5.88. The number of halogens is 1. The topological polar surface area (TPSA) is 84.0 Å². The van der Waals surface area contributed by atoms with Crippen LogP contribution in [0.5, 0.6) is 0 Å². The first-order chi connectivity index (χ1) is 12.6. The van der Waals surface area contributed by atoms with Crippen LogP contribution in [0.1, 0.15) is 19.8 Å². The Kier molecular flexibility index (Phi) is 4.24. The van der Waals surface area contributed by atoms with Crippen molar-refractivity contribution in [2.24, 2.45) is 5.92 Å². The maximum absolute atomic E-state index is 13.8. The van der Waals surface area contributed by atoms with E-state index in [2.05, 4.69) is 20.4 Å². The lowest BCUT2D eigenvalue weighted by atomic mass is 9.93. The third-order valence-corrected chi connectivity index (χ3v) is 4.67. The van der Waals surface area contributed by atoms with E-state index in [0.717, 1.165) is 16.8 Å². The molecular formula is C18H18FN5O2. The second-order valence-electron chi connectivity index (χ2n) is 6.45. The Balaban J connectivity index is 1.47. The molecule has 2 unspecified atom stereocenters. The predicted molar refractivity (Wildman–Crippen MR) is 92.9 cm³/mol. The summed E-state index contributed by atoms with van der Waals surface area (Å²) in [5.41, 5.74) is 2.29. The quantitative estimate of drug-likeness (QED) is 0.912. The molecule has 2 aliphatic rings. The minimum absolute atomic E-state index is 0.111. The zero-order valence-corrected chi connectivity index (χ0v) is 14.2. The molecule has 1 N–H and O–H groups in total. The molecule has 0 saturated carbocycles. The number of allylic oxidation sites excluding steroid dienone is 2. The van der Waals surface area contributed by atoms with E-state index in [1.54, 1.807) is 24.5 Å². The highest BCUT2D eigenvalue weighted by Crippen LogP contribution is 2.31. The maximum atomic E-state index is 13.8. The summed E-state index contributed by atoms with van der Waals surface area (Å²) in [6, 6.07) is 3.56. The average Bonchev–Trinajstić information content (AvgIpc) is 3.14. The first kappa shape index (κ1) is 16.4. The number of amides is 1. The van der Waals surface area contributed by atoms with E-state index in [9.17, 15) is 9.18 Å². The predicted octanol–water partition coefficient (Wildman–Crippen LogP) is 3.40. The molecule has 0 aromatic carbocycles. The van der Waals surface area contributed by atoms with Crippen molar-refractivity contribution in [1.29, 1.82) is 0 Å². The number of nitrogens with zero attached hydrogens (tertiary/aromatic N) is 4. The van der Waals surface area contributed by atoms with Crippen LogP contribution in [0.25, 0.3) is 11.3 Å². The van der Waals surface area contributed by atoms with Crippen LogP contribution < -0.4 is 4.90 Å². The molecule has 3 heterocycles. The van der Waals surface area contributed by atoms with Gasteiger partial charge in [-0.3, -0.25) is 10.00 Å². The molecule has 1 aliphatic carbocycles. The molecule has 1 amide bonds. The lowest BCUT2D eigenvalue weighted by molar-refractivity contribution is 0.103. The molecule has 1 aliphatic heterocycles. The van der Waals surface area contributed by atoms with Crippen molar-refractivity contribution in [2.75, 3.05) is 11.4 Å². The highest BCUT2D eigenvalue weighted by Gasteiger charge is 2.32. The molecule has 0 radical (unpaired) electrons. The van der Waals surface area contributed by atoms with Crippen molar-refractivity contribution in [2.45, 2.75) is 25.9 Å². The van der Waals surface area contributed by atoms with Gasteiger partial charge >= 0.3 is 6.09 Å². The van der Waals surface area contributed by atoms with Gasteiger partial charge in [0.1, 0.15) is 11.9 Å². The largest absolute Gasteiger partial charge is 0.441 e. The van der Waals surface area contributed by atoms with Crippen LogP contribution in [0.2, 0.25) is 0 Å². The number of carbonyl (C=O) groups is 1. The van der Waals surface area contributed by atoms with Crippen LogP contribution in [0, 0.1) is 5.92 Å². The Bertz CT molecular complexity index is 877. The Morgan fingerprint density at radius 2 is 2.27 bits per heavy atom. The highest BCUT2D eigenvalue weighted by atomic mass is 19.1. The number of hydrogen-bond donors (Lipinski definition) is 1. The van der Waals surface area contributed by atoms with Crippen molar-refractivity contribution in [3.05, 3.63) is 48.1 Å². The van der Waals surface area contributed by atoms with E-state index < -0.39 is 12.2 Å². The van der Waals surface area contributed by atoms with Crippen molar-refractivity contribution in [3.63, 3.8) is 0 Å². The average molecular weight is 355 g/mol. The smallest absolute Gasteiger partial charge is 0.416 e. The molecule has 7 nitrogen and oxygen atoms in total. The summed E-state index contributed by atoms with van der Waals surface area (Å²) >= 11 is 0. The molecule has 0 spiro atoms. The summed E-state index contributed by atoms with van der Waals surface area (Å²) in [5, 5.41) is 14.6. The molecule has 2 aromatic rings. The summed E-state index contributed by atoms with van der Waals surface area (Å²) in [6.45, 7) is 2.28. The normalized spacial score (nSPS) is 23.3. The molecule has 134 valence electrons. The van der Waals surface area contributed by atoms with Crippen molar-refractivity contribution in [1.82, 2.24) is 20.4 Å². The van der Waals surface area contributed by atoms with Gasteiger partial charge in [-0.2, -0.15) is 15.3 Å². The maximum Gasteiger partial charge on any atom is 0.416 e. The molecule has 8 heteroatoms. The van der Waals surface area contributed by atoms with Gasteiger partial charge in [-0.25, -0.2) is 9.18 Å². The fourth-order valence-electron chi connectivity index (χ4n) is 3.08. The third kappa shape index (κ3) is 3.10. The number of H-pyrrole nitrogens is 1. The van der Waals surface area contributed by atoms with E-state index in [1.807, 2.05) is 13.0 Å². The number of nitrogens with one attached hydrogen (secondary N) is 1. The van der Waals surface area contributed by atoms with Gasteiger partial charge in [0.25, 0.3) is 0 Å². The summed E-state index contributed by atoms with van der Waals surface area (Å²) in [5.74, 6) is 0.205. The van der Waals surface area contributed by atoms with Gasteiger partial charge in [0.2, 0.25) is 0 Å². The fraction of sp³-hybridized carbons (Fsp3) is 0.333. The number of hydrogen-bond acceptors (Lipinski definition) is 5. The molecule has 1 saturated heterocycles. The van der Waals surface area contributed by atoms with Crippen LogP contribution >= 0.6 is 0 Å². The fourth-order valence-corrected chi connectivity index (χ4v) is 3.08. The summed E-state index contributed by atoms with van der Waals surface area (Å²) in [6.07, 6.45) is 6.93. The van der Waals surface area contributed by atoms with Crippen LogP contribution in [-0.4, -0.2) is 39.1 Å². The molecule has 2 atom stereocenters. The standard InChI is InChI=1S/C18H18FN5O2/c1-11-2-3-12(8-14(11)19)16-5-7-24(18(25)26-16)17-9-15(22-23-17)13-4-6-20-21-10-13/h3-4,6,8-11,16H,2,5,7H2,1H3,(H,22,23). The van der Waals surface area contributed by atoms with Crippen LogP contribution in [0.15, 0.2) is 48.1 Å². The van der Waals surface area contributed by atoms with Gasteiger partial charge in [0, 0.05) is 30.5 Å². The second kappa shape index (κ2) is 6.70. The molecular weight excluding hydrogens is 337 g/mol. The minimum atomic E-state index is -0.486. The van der Waals surface area contributed by atoms with Crippen molar-refractivity contribution < 1.29 is 13.9 Å². The monoisotopic (exact) mass is 355 g/mol. The van der Waals surface area contributed by atoms with Crippen LogP contribution in [-0.2, 0) is 4.74 Å². The summed E-state index contributed by atoms with van der Waals surface area (Å²) in [7, 11) is 0. The Morgan fingerprint density at radius 1 is 1.38 bits per heavy atom. The number of aromatic nitrogens is 4. The van der Waals surface area contributed by atoms with Gasteiger partial charge in [-0.05, 0) is 24.1 Å². The molecule has 26 heavy (non-hydrogen) atoms. The van der Waals surface area contributed by atoms with Gasteiger partial charge in [-0.1, -0.05) is 13.0 Å². The SMILES string of the molecule is CC1CC=C(C2CCN(c3cc(-c4ccnnc4)[nH]n3)C(=O)O2)C=C1F. The summed E-state index contributed by atoms with van der Waals surface area (Å²) < 4.78 is 19.4. The van der Waals surface area contributed by atoms with Gasteiger partial charge < -0.3 is 4.74 Å². The Hall–Kier alpha value is -3.03. The lowest BCUT2D eigenvalue weighted by Gasteiger charge is -2.32. The third-order valence-electron chi connectivity index (χ3n) is 4.67. The van der Waals surface area contributed by atoms with Gasteiger partial charge in [0.05, 0.1) is 18.1 Å². The van der Waals surface area contributed by atoms with Gasteiger partial charge in [-0.15, -0.1) is 0 Å². The van der Waals surface area contributed by atoms with E-state index in [-0.39, 0.29) is 11.7 Å². The molecule has 1 fully saturated rings.